The van der Waals surface area contributed by atoms with Gasteiger partial charge >= 0.3 is 6.61 Å². The maximum absolute atomic E-state index is 12.2. The largest absolute Gasteiger partial charge is 0.435 e. The third-order valence-corrected chi connectivity index (χ3v) is 3.19. The van der Waals surface area contributed by atoms with Gasteiger partial charge in [-0.25, -0.2) is 0 Å². The highest BCUT2D eigenvalue weighted by Crippen LogP contribution is 2.22. The van der Waals surface area contributed by atoms with Gasteiger partial charge in [0.25, 0.3) is 0 Å². The zero-order valence-corrected chi connectivity index (χ0v) is 11.2. The molecule has 1 aliphatic rings. The number of likely N-dealkylation sites (tertiary alicyclic amines) is 1. The average Bonchev–Trinajstić information content (AvgIpc) is 2.76. The molecule has 1 heterocycles. The van der Waals surface area contributed by atoms with Crippen LogP contribution in [0.1, 0.15) is 12.0 Å². The molecule has 0 aliphatic carbocycles. The Morgan fingerprint density at radius 1 is 1.52 bits per heavy atom. The summed E-state index contributed by atoms with van der Waals surface area (Å²) < 4.78 is 28.7. The molecule has 0 saturated carbocycles. The lowest BCUT2D eigenvalue weighted by atomic mass is 10.1. The molecule has 1 aromatic rings. The molecule has 0 spiro atoms. The number of alkyl halides is 2. The second-order valence-corrected chi connectivity index (χ2v) is 4.78. The Morgan fingerprint density at radius 2 is 2.33 bits per heavy atom. The molecule has 1 atom stereocenters. The van der Waals surface area contributed by atoms with E-state index >= 15 is 0 Å². The summed E-state index contributed by atoms with van der Waals surface area (Å²) in [4.78, 5) is 16.2. The number of ether oxygens (including phenoxy) is 1. The fourth-order valence-electron chi connectivity index (χ4n) is 2.32. The van der Waals surface area contributed by atoms with Crippen LogP contribution in [0.15, 0.2) is 29.4 Å². The van der Waals surface area contributed by atoms with E-state index in [0.29, 0.717) is 25.1 Å². The quantitative estimate of drug-likeness (QED) is 0.459. The molecule has 1 aromatic carbocycles. The van der Waals surface area contributed by atoms with Crippen LogP contribution in [0.4, 0.5) is 8.78 Å². The van der Waals surface area contributed by atoms with E-state index in [2.05, 4.69) is 14.8 Å². The van der Waals surface area contributed by atoms with E-state index in [4.69, 9.17) is 5.53 Å². The summed E-state index contributed by atoms with van der Waals surface area (Å²) in [5, 5.41) is 3.47. The van der Waals surface area contributed by atoms with E-state index in [-0.39, 0.29) is 24.1 Å². The number of rotatable bonds is 6. The van der Waals surface area contributed by atoms with Gasteiger partial charge in [-0.05, 0) is 29.1 Å². The molecule has 1 aliphatic heterocycles. The van der Waals surface area contributed by atoms with Crippen LogP contribution in [0.2, 0.25) is 0 Å². The Kier molecular flexibility index (Phi) is 4.94. The van der Waals surface area contributed by atoms with E-state index in [9.17, 15) is 13.6 Å². The van der Waals surface area contributed by atoms with Crippen LogP contribution in [0.3, 0.4) is 0 Å². The van der Waals surface area contributed by atoms with Crippen molar-refractivity contribution in [2.75, 3.05) is 13.1 Å². The van der Waals surface area contributed by atoms with Gasteiger partial charge in [-0.2, -0.15) is 8.78 Å². The number of hydrogen-bond donors (Lipinski definition) is 0. The van der Waals surface area contributed by atoms with Gasteiger partial charge in [-0.15, -0.1) is 0 Å². The number of hydrogen-bond acceptors (Lipinski definition) is 3. The zero-order chi connectivity index (χ0) is 15.2. The van der Waals surface area contributed by atoms with Gasteiger partial charge in [0, 0.05) is 31.0 Å². The van der Waals surface area contributed by atoms with E-state index in [1.54, 1.807) is 17.0 Å². The van der Waals surface area contributed by atoms with E-state index in [1.807, 2.05) is 0 Å². The Labute approximate surface area is 119 Å². The highest BCUT2D eigenvalue weighted by Gasteiger charge is 2.28. The van der Waals surface area contributed by atoms with Crippen molar-refractivity contribution in [3.05, 3.63) is 40.3 Å². The van der Waals surface area contributed by atoms with Gasteiger partial charge in [0.05, 0.1) is 0 Å². The minimum Gasteiger partial charge on any atom is -0.435 e. The molecule has 1 amide bonds. The summed E-state index contributed by atoms with van der Waals surface area (Å²) in [5.74, 6) is 0.0435. The lowest BCUT2D eigenvalue weighted by Gasteiger charge is -2.17. The highest BCUT2D eigenvalue weighted by atomic mass is 19.3. The lowest BCUT2D eigenvalue weighted by molar-refractivity contribution is -0.128. The lowest BCUT2D eigenvalue weighted by Crippen LogP contribution is -2.24. The molecule has 112 valence electrons. The van der Waals surface area contributed by atoms with Gasteiger partial charge in [0.1, 0.15) is 5.75 Å². The number of carbonyl (C=O) groups is 1. The fourth-order valence-corrected chi connectivity index (χ4v) is 2.32. The van der Waals surface area contributed by atoms with Gasteiger partial charge in [0.15, 0.2) is 0 Å². The standard InChI is InChI=1S/C13H14F2N4O2/c14-13(15)21-11-3-1-2-9(4-11)7-19-8-10(5-12(19)20)6-17-18-16/h1-4,10,13H,5-8H2. The summed E-state index contributed by atoms with van der Waals surface area (Å²) in [6.07, 6.45) is 0.340. The monoisotopic (exact) mass is 296 g/mol. The Hall–Kier alpha value is -2.34. The number of halogens is 2. The summed E-state index contributed by atoms with van der Waals surface area (Å²) in [6.45, 7) is -1.77. The first-order chi connectivity index (χ1) is 10.1. The van der Waals surface area contributed by atoms with Gasteiger partial charge < -0.3 is 9.64 Å². The van der Waals surface area contributed by atoms with Crippen molar-refractivity contribution in [2.24, 2.45) is 11.0 Å². The highest BCUT2D eigenvalue weighted by molar-refractivity contribution is 5.78. The van der Waals surface area contributed by atoms with Crippen LogP contribution < -0.4 is 4.74 Å². The molecule has 0 aromatic heterocycles. The number of benzene rings is 1. The van der Waals surface area contributed by atoms with Crippen molar-refractivity contribution in [1.82, 2.24) is 4.90 Å². The minimum atomic E-state index is -2.87. The van der Waals surface area contributed by atoms with Gasteiger partial charge in [-0.1, -0.05) is 17.2 Å². The number of azide groups is 1. The minimum absolute atomic E-state index is 0.00824. The second kappa shape index (κ2) is 6.90. The van der Waals surface area contributed by atoms with Crippen LogP contribution in [0.5, 0.6) is 5.75 Å². The summed E-state index contributed by atoms with van der Waals surface area (Å²) in [6, 6.07) is 6.27. The third-order valence-electron chi connectivity index (χ3n) is 3.19. The van der Waals surface area contributed by atoms with Crippen LogP contribution in [-0.4, -0.2) is 30.5 Å². The second-order valence-electron chi connectivity index (χ2n) is 4.78. The molecule has 0 bridgehead atoms. The van der Waals surface area contributed by atoms with E-state index < -0.39 is 6.61 Å². The van der Waals surface area contributed by atoms with Gasteiger partial charge in [0.2, 0.25) is 5.91 Å². The Bertz CT molecular complexity index is 561. The molecule has 0 radical (unpaired) electrons. The fraction of sp³-hybridized carbons (Fsp3) is 0.462. The first-order valence-electron chi connectivity index (χ1n) is 6.41. The third kappa shape index (κ3) is 4.32. The van der Waals surface area contributed by atoms with Crippen LogP contribution in [0, 0.1) is 5.92 Å². The Balaban J connectivity index is 1.98. The van der Waals surface area contributed by atoms with Crippen LogP contribution >= 0.6 is 0 Å². The number of carbonyl (C=O) groups excluding carboxylic acids is 1. The SMILES string of the molecule is [N-]=[N+]=NCC1CC(=O)N(Cc2cccc(OC(F)F)c2)C1. The Morgan fingerprint density at radius 3 is 3.05 bits per heavy atom. The summed E-state index contributed by atoms with van der Waals surface area (Å²) >= 11 is 0. The molecule has 8 heteroatoms. The molecule has 1 unspecified atom stereocenters. The summed E-state index contributed by atoms with van der Waals surface area (Å²) in [7, 11) is 0. The van der Waals surface area contributed by atoms with Crippen molar-refractivity contribution >= 4 is 5.91 Å². The molecule has 6 nitrogen and oxygen atoms in total. The predicted molar refractivity (Wildman–Crippen MR) is 70.6 cm³/mol. The normalized spacial score (nSPS) is 18.0. The zero-order valence-electron chi connectivity index (χ0n) is 11.2. The molecular weight excluding hydrogens is 282 g/mol. The molecule has 2 rings (SSSR count). The van der Waals surface area contributed by atoms with E-state index in [0.717, 1.165) is 0 Å². The first-order valence-corrected chi connectivity index (χ1v) is 6.41. The topological polar surface area (TPSA) is 78.3 Å². The van der Waals surface area contributed by atoms with Gasteiger partial charge in [-0.3, -0.25) is 4.79 Å². The number of nitrogens with zero attached hydrogens (tertiary/aromatic N) is 4. The maximum atomic E-state index is 12.2. The smallest absolute Gasteiger partial charge is 0.387 e. The van der Waals surface area contributed by atoms with Crippen LogP contribution in [-0.2, 0) is 11.3 Å². The molecule has 1 fully saturated rings. The molecule has 0 N–H and O–H groups in total. The van der Waals surface area contributed by atoms with Crippen molar-refractivity contribution in [2.45, 2.75) is 19.6 Å². The van der Waals surface area contributed by atoms with Crippen LogP contribution in [0.25, 0.3) is 10.4 Å². The average molecular weight is 296 g/mol. The molecule has 1 saturated heterocycles. The van der Waals surface area contributed by atoms with Crippen molar-refractivity contribution in [3.8, 4) is 5.75 Å². The maximum Gasteiger partial charge on any atom is 0.387 e. The molecule has 21 heavy (non-hydrogen) atoms. The summed E-state index contributed by atoms with van der Waals surface area (Å²) in [5.41, 5.74) is 8.99. The van der Waals surface area contributed by atoms with E-state index in [1.165, 1.54) is 12.1 Å². The first kappa shape index (κ1) is 15.1. The number of amides is 1. The molecular formula is C13H14F2N4O2. The van der Waals surface area contributed by atoms with Crippen molar-refractivity contribution in [1.29, 1.82) is 0 Å². The van der Waals surface area contributed by atoms with Crippen molar-refractivity contribution in [3.63, 3.8) is 0 Å². The van der Waals surface area contributed by atoms with Crippen molar-refractivity contribution < 1.29 is 18.3 Å². The predicted octanol–water partition coefficient (Wildman–Crippen LogP) is 2.95.